The SMILES string of the molecule is CCN1C(=O)N(CC)C2C1NN=c1s/c(=C\c3ccc(Br)cc3)c(=O)n12. The van der Waals surface area contributed by atoms with Gasteiger partial charge in [0.1, 0.15) is 0 Å². The van der Waals surface area contributed by atoms with Gasteiger partial charge in [-0.2, -0.15) is 0 Å². The Balaban J connectivity index is 1.85. The first kappa shape index (κ1) is 17.3. The molecular weight excluding hydrogens is 418 g/mol. The molecule has 136 valence electrons. The Morgan fingerprint density at radius 2 is 1.88 bits per heavy atom. The Kier molecular flexibility index (Phi) is 4.36. The predicted molar refractivity (Wildman–Crippen MR) is 103 cm³/mol. The van der Waals surface area contributed by atoms with Crippen LogP contribution in [0.4, 0.5) is 4.79 Å². The summed E-state index contributed by atoms with van der Waals surface area (Å²) < 4.78 is 3.24. The molecule has 2 aliphatic heterocycles. The number of halogens is 1. The van der Waals surface area contributed by atoms with E-state index in [1.54, 1.807) is 14.4 Å². The lowest BCUT2D eigenvalue weighted by molar-refractivity contribution is 0.151. The van der Waals surface area contributed by atoms with Crippen molar-refractivity contribution in [1.82, 2.24) is 19.8 Å². The van der Waals surface area contributed by atoms with Gasteiger partial charge in [0.25, 0.3) is 5.56 Å². The number of fused-ring (bicyclic) bond motifs is 3. The molecule has 1 aromatic carbocycles. The highest BCUT2D eigenvalue weighted by Gasteiger charge is 2.48. The Hall–Kier alpha value is -2.13. The molecule has 1 fully saturated rings. The summed E-state index contributed by atoms with van der Waals surface area (Å²) in [6.45, 7) is 4.94. The van der Waals surface area contributed by atoms with E-state index in [9.17, 15) is 9.59 Å². The Morgan fingerprint density at radius 3 is 2.54 bits per heavy atom. The molecule has 1 saturated heterocycles. The van der Waals surface area contributed by atoms with Gasteiger partial charge in [0, 0.05) is 17.6 Å². The lowest BCUT2D eigenvalue weighted by atomic mass is 10.2. The summed E-state index contributed by atoms with van der Waals surface area (Å²) in [6, 6.07) is 7.69. The van der Waals surface area contributed by atoms with Crippen molar-refractivity contribution in [2.75, 3.05) is 13.1 Å². The summed E-state index contributed by atoms with van der Waals surface area (Å²) in [4.78, 5) is 29.7. The van der Waals surface area contributed by atoms with Crippen molar-refractivity contribution in [3.8, 4) is 0 Å². The number of carbonyl (C=O) groups is 1. The number of hydrogen-bond donors (Lipinski definition) is 1. The molecule has 1 aromatic heterocycles. The maximum absolute atomic E-state index is 13.1. The van der Waals surface area contributed by atoms with Crippen molar-refractivity contribution in [1.29, 1.82) is 0 Å². The van der Waals surface area contributed by atoms with Crippen molar-refractivity contribution in [3.63, 3.8) is 0 Å². The molecule has 2 atom stereocenters. The number of thiazole rings is 1. The zero-order valence-electron chi connectivity index (χ0n) is 14.3. The molecule has 2 aliphatic rings. The van der Waals surface area contributed by atoms with Crippen LogP contribution in [0.2, 0.25) is 0 Å². The highest BCUT2D eigenvalue weighted by atomic mass is 79.9. The Morgan fingerprint density at radius 1 is 1.19 bits per heavy atom. The summed E-state index contributed by atoms with van der Waals surface area (Å²) in [5.74, 6) is 0. The number of hydrogen-bond acceptors (Lipinski definition) is 5. The minimum Gasteiger partial charge on any atom is -0.300 e. The van der Waals surface area contributed by atoms with Gasteiger partial charge in [0.05, 0.1) is 4.53 Å². The van der Waals surface area contributed by atoms with Gasteiger partial charge in [0.2, 0.25) is 4.80 Å². The third kappa shape index (κ3) is 2.57. The quantitative estimate of drug-likeness (QED) is 0.788. The number of likely N-dealkylation sites (N-methyl/N-ethyl adjacent to an activating group) is 2. The number of amides is 2. The number of aromatic nitrogens is 1. The van der Waals surface area contributed by atoms with E-state index in [0.717, 1.165) is 10.0 Å². The minimum atomic E-state index is -0.379. The number of nitrogens with zero attached hydrogens (tertiary/aromatic N) is 4. The fourth-order valence-electron chi connectivity index (χ4n) is 3.43. The van der Waals surface area contributed by atoms with Gasteiger partial charge in [-0.15, -0.1) is 5.10 Å². The molecule has 0 radical (unpaired) electrons. The third-order valence-electron chi connectivity index (χ3n) is 4.67. The average Bonchev–Trinajstić information content (AvgIpc) is 3.10. The van der Waals surface area contributed by atoms with Crippen LogP contribution in [0.1, 0.15) is 25.6 Å². The number of carbonyl (C=O) groups excluding carboxylic acids is 1. The lowest BCUT2D eigenvalue weighted by Crippen LogP contribution is -2.53. The Bertz CT molecular complexity index is 1030. The zero-order valence-corrected chi connectivity index (χ0v) is 16.7. The summed E-state index contributed by atoms with van der Waals surface area (Å²) in [5, 5.41) is 4.36. The summed E-state index contributed by atoms with van der Waals surface area (Å²) in [6.07, 6.45) is 1.16. The fourth-order valence-corrected chi connectivity index (χ4v) is 4.66. The van der Waals surface area contributed by atoms with Gasteiger partial charge < -0.3 is 0 Å². The van der Waals surface area contributed by atoms with Crippen LogP contribution in [0.3, 0.4) is 0 Å². The van der Waals surface area contributed by atoms with Gasteiger partial charge in [-0.05, 0) is 37.6 Å². The average molecular weight is 436 g/mol. The van der Waals surface area contributed by atoms with E-state index in [-0.39, 0.29) is 23.9 Å². The molecule has 1 N–H and O–H groups in total. The number of benzene rings is 1. The van der Waals surface area contributed by atoms with Gasteiger partial charge >= 0.3 is 6.03 Å². The standard InChI is InChI=1S/C17H18BrN5O2S/c1-3-21-13-14(22(4-2)17(21)25)23-15(24)12(26-16(23)20-19-13)9-10-5-7-11(18)8-6-10/h5-9,13-14,19H,3-4H2,1-2H3/b12-9-. The van der Waals surface area contributed by atoms with Crippen molar-refractivity contribution in [2.45, 2.75) is 26.2 Å². The Labute approximate surface area is 162 Å². The van der Waals surface area contributed by atoms with Gasteiger partial charge in [-0.3, -0.25) is 24.6 Å². The lowest BCUT2D eigenvalue weighted by Gasteiger charge is -2.29. The molecule has 4 rings (SSSR count). The van der Waals surface area contributed by atoms with Crippen molar-refractivity contribution in [2.24, 2.45) is 5.10 Å². The van der Waals surface area contributed by atoms with Crippen molar-refractivity contribution in [3.05, 3.63) is 54.0 Å². The van der Waals surface area contributed by atoms with Gasteiger partial charge in [-0.1, -0.05) is 39.4 Å². The van der Waals surface area contributed by atoms with Crippen LogP contribution in [0.5, 0.6) is 0 Å². The van der Waals surface area contributed by atoms with Gasteiger partial charge in [-0.25, -0.2) is 4.79 Å². The van der Waals surface area contributed by atoms with E-state index >= 15 is 0 Å². The summed E-state index contributed by atoms with van der Waals surface area (Å²) in [7, 11) is 0. The van der Waals surface area contributed by atoms with Crippen LogP contribution in [-0.4, -0.2) is 39.7 Å². The van der Waals surface area contributed by atoms with Crippen LogP contribution in [-0.2, 0) is 0 Å². The first-order valence-corrected chi connectivity index (χ1v) is 10.0. The predicted octanol–water partition coefficient (Wildman–Crippen LogP) is 1.24. The molecule has 2 unspecified atom stereocenters. The van der Waals surface area contributed by atoms with Crippen LogP contribution >= 0.6 is 27.3 Å². The minimum absolute atomic E-state index is 0.0721. The normalized spacial score (nSPS) is 22.1. The second kappa shape index (κ2) is 6.55. The second-order valence-corrected chi connectivity index (χ2v) is 8.00. The molecule has 0 aliphatic carbocycles. The highest BCUT2D eigenvalue weighted by molar-refractivity contribution is 9.10. The molecular formula is C17H18BrN5O2S. The van der Waals surface area contributed by atoms with E-state index < -0.39 is 0 Å². The van der Waals surface area contributed by atoms with E-state index in [4.69, 9.17) is 0 Å². The largest absolute Gasteiger partial charge is 0.323 e. The summed E-state index contributed by atoms with van der Waals surface area (Å²) in [5.41, 5.74) is 3.89. The molecule has 0 spiro atoms. The zero-order chi connectivity index (χ0) is 18.4. The maximum atomic E-state index is 13.1. The molecule has 3 heterocycles. The third-order valence-corrected chi connectivity index (χ3v) is 6.18. The molecule has 26 heavy (non-hydrogen) atoms. The van der Waals surface area contributed by atoms with Crippen molar-refractivity contribution < 1.29 is 4.79 Å². The van der Waals surface area contributed by atoms with Crippen LogP contribution in [0, 0.1) is 0 Å². The van der Waals surface area contributed by atoms with Crippen LogP contribution in [0.25, 0.3) is 6.08 Å². The molecule has 0 bridgehead atoms. The molecule has 2 aromatic rings. The number of urea groups is 1. The molecule has 0 saturated carbocycles. The maximum Gasteiger partial charge on any atom is 0.323 e. The monoisotopic (exact) mass is 435 g/mol. The fraction of sp³-hybridized carbons (Fsp3) is 0.353. The van der Waals surface area contributed by atoms with Crippen LogP contribution in [0.15, 0.2) is 38.6 Å². The highest BCUT2D eigenvalue weighted by Crippen LogP contribution is 2.28. The molecule has 9 heteroatoms. The van der Waals surface area contributed by atoms with E-state index in [2.05, 4.69) is 26.5 Å². The van der Waals surface area contributed by atoms with E-state index in [1.165, 1.54) is 11.3 Å². The topological polar surface area (TPSA) is 69.9 Å². The van der Waals surface area contributed by atoms with Crippen molar-refractivity contribution >= 4 is 39.4 Å². The number of nitrogens with one attached hydrogen (secondary N) is 1. The number of rotatable bonds is 3. The van der Waals surface area contributed by atoms with Gasteiger partial charge in [0.15, 0.2) is 12.3 Å². The first-order valence-electron chi connectivity index (χ1n) is 8.44. The second-order valence-electron chi connectivity index (χ2n) is 6.07. The van der Waals surface area contributed by atoms with Crippen LogP contribution < -0.4 is 20.3 Å². The smallest absolute Gasteiger partial charge is 0.300 e. The summed E-state index contributed by atoms with van der Waals surface area (Å²) >= 11 is 4.74. The van der Waals surface area contributed by atoms with E-state index in [0.29, 0.717) is 22.4 Å². The molecule has 7 nitrogen and oxygen atoms in total. The first-order chi connectivity index (χ1) is 12.5. The van der Waals surface area contributed by atoms with E-state index in [1.807, 2.05) is 44.2 Å². The molecule has 2 amide bonds.